The second-order valence-corrected chi connectivity index (χ2v) is 7.85. The second-order valence-electron chi connectivity index (χ2n) is 7.85. The Morgan fingerprint density at radius 3 is 2.83 bits per heavy atom. The highest BCUT2D eigenvalue weighted by molar-refractivity contribution is 5.95. The highest BCUT2D eigenvalue weighted by Gasteiger charge is 2.37. The number of rotatable bonds is 2. The van der Waals surface area contributed by atoms with Crippen LogP contribution in [0.3, 0.4) is 0 Å². The minimum atomic E-state index is -0.242. The van der Waals surface area contributed by atoms with E-state index in [1.165, 1.54) is 10.9 Å². The molecule has 0 fully saturated rings. The van der Waals surface area contributed by atoms with Gasteiger partial charge in [0.15, 0.2) is 5.69 Å². The third-order valence-electron chi connectivity index (χ3n) is 6.27. The normalized spacial score (nSPS) is 18.1. The number of aromatic nitrogens is 4. The van der Waals surface area contributed by atoms with Gasteiger partial charge in [0, 0.05) is 40.6 Å². The second kappa shape index (κ2) is 6.30. The van der Waals surface area contributed by atoms with Crippen molar-refractivity contribution in [2.75, 3.05) is 6.54 Å². The van der Waals surface area contributed by atoms with E-state index < -0.39 is 0 Å². The molecular weight excluding hydrogens is 362 g/mol. The van der Waals surface area contributed by atoms with Crippen molar-refractivity contribution >= 4 is 16.8 Å². The van der Waals surface area contributed by atoms with Gasteiger partial charge in [-0.1, -0.05) is 24.3 Å². The first-order valence-corrected chi connectivity index (χ1v) is 10.2. The molecule has 0 bridgehead atoms. The lowest BCUT2D eigenvalue weighted by Crippen LogP contribution is -2.41. The Hall–Kier alpha value is -3.41. The highest BCUT2D eigenvalue weighted by Crippen LogP contribution is 2.38. The van der Waals surface area contributed by atoms with Crippen molar-refractivity contribution in [1.82, 2.24) is 25.1 Å². The fraction of sp³-hybridized carbons (Fsp3) is 0.261. The number of nitrogens with one attached hydrogen (secondary N) is 2. The molecule has 0 saturated heterocycles. The molecule has 0 radical (unpaired) electrons. The number of hydrogen-bond donors (Lipinski definition) is 2. The summed E-state index contributed by atoms with van der Waals surface area (Å²) >= 11 is 0. The Labute approximate surface area is 168 Å². The Morgan fingerprint density at radius 2 is 1.93 bits per heavy atom. The van der Waals surface area contributed by atoms with E-state index in [0.29, 0.717) is 12.2 Å². The molecule has 0 unspecified atom stereocenters. The first-order chi connectivity index (χ1) is 14.3. The number of nitrogens with zero attached hydrogens (tertiary/aromatic N) is 3. The van der Waals surface area contributed by atoms with Gasteiger partial charge in [-0.2, -0.15) is 5.10 Å². The summed E-state index contributed by atoms with van der Waals surface area (Å²) in [5.41, 5.74) is 7.12. The molecule has 1 aromatic carbocycles. The molecule has 3 aromatic heterocycles. The van der Waals surface area contributed by atoms with Crippen molar-refractivity contribution in [3.05, 3.63) is 82.6 Å². The number of benzene rings is 1. The molecule has 1 atom stereocenters. The van der Waals surface area contributed by atoms with Crippen molar-refractivity contribution in [1.29, 1.82) is 0 Å². The van der Waals surface area contributed by atoms with Crippen LogP contribution in [0, 0.1) is 0 Å². The summed E-state index contributed by atoms with van der Waals surface area (Å²) in [6.07, 6.45) is 5.60. The van der Waals surface area contributed by atoms with Crippen molar-refractivity contribution in [3.63, 3.8) is 0 Å². The molecule has 6 rings (SSSR count). The van der Waals surface area contributed by atoms with E-state index in [-0.39, 0.29) is 11.9 Å². The van der Waals surface area contributed by atoms with Crippen LogP contribution in [0.1, 0.15) is 51.2 Å². The van der Waals surface area contributed by atoms with E-state index >= 15 is 0 Å². The number of H-pyrrole nitrogens is 2. The molecule has 6 heteroatoms. The summed E-state index contributed by atoms with van der Waals surface area (Å²) in [5, 5.41) is 8.71. The number of aryl methyl sites for hydroxylation is 1. The van der Waals surface area contributed by atoms with Crippen molar-refractivity contribution in [2.45, 2.75) is 31.7 Å². The van der Waals surface area contributed by atoms with Crippen molar-refractivity contribution in [3.8, 4) is 0 Å². The summed E-state index contributed by atoms with van der Waals surface area (Å²) < 4.78 is 0. The third kappa shape index (κ3) is 2.45. The van der Waals surface area contributed by atoms with Gasteiger partial charge in [0.05, 0.1) is 5.69 Å². The zero-order valence-electron chi connectivity index (χ0n) is 16.0. The lowest BCUT2D eigenvalue weighted by Gasteiger charge is -2.35. The summed E-state index contributed by atoms with van der Waals surface area (Å²) in [6.45, 7) is 0.649. The monoisotopic (exact) mass is 383 g/mol. The minimum Gasteiger partial charge on any atom is -0.356 e. The number of amides is 1. The van der Waals surface area contributed by atoms with Crippen LogP contribution in [0.15, 0.2) is 48.7 Å². The maximum Gasteiger partial charge on any atom is 0.275 e. The van der Waals surface area contributed by atoms with Crippen LogP contribution in [-0.4, -0.2) is 37.5 Å². The average molecular weight is 383 g/mol. The maximum absolute atomic E-state index is 13.6. The van der Waals surface area contributed by atoms with Gasteiger partial charge in [-0.05, 0) is 49.4 Å². The molecule has 1 aliphatic heterocycles. The number of carbonyl (C=O) groups excluding carboxylic acids is 1. The van der Waals surface area contributed by atoms with Crippen LogP contribution in [0.5, 0.6) is 0 Å². The number of para-hydroxylation sites is 1. The van der Waals surface area contributed by atoms with Crippen LogP contribution in [0.25, 0.3) is 10.9 Å². The SMILES string of the molecule is O=C(c1n[nH]c2c1CCC2)N1CCc2c([nH]c3ccccc23)[C@H]1c1ccccn1. The number of fused-ring (bicyclic) bond motifs is 4. The topological polar surface area (TPSA) is 77.7 Å². The maximum atomic E-state index is 13.6. The van der Waals surface area contributed by atoms with Crippen LogP contribution in [0.2, 0.25) is 0 Å². The summed E-state index contributed by atoms with van der Waals surface area (Å²) in [4.78, 5) is 23.8. The minimum absolute atomic E-state index is 0.00985. The largest absolute Gasteiger partial charge is 0.356 e. The van der Waals surface area contributed by atoms with E-state index in [1.807, 2.05) is 29.2 Å². The summed E-state index contributed by atoms with van der Waals surface area (Å²) in [7, 11) is 0. The van der Waals surface area contributed by atoms with Gasteiger partial charge in [0.25, 0.3) is 5.91 Å². The summed E-state index contributed by atoms with van der Waals surface area (Å²) in [6, 6.07) is 14.0. The molecular formula is C23H21N5O. The first-order valence-electron chi connectivity index (χ1n) is 10.2. The van der Waals surface area contributed by atoms with Gasteiger partial charge in [0.1, 0.15) is 6.04 Å². The zero-order valence-corrected chi connectivity index (χ0v) is 16.0. The lowest BCUT2D eigenvalue weighted by molar-refractivity contribution is 0.0681. The predicted octanol–water partition coefficient (Wildman–Crippen LogP) is 3.56. The van der Waals surface area contributed by atoms with E-state index in [2.05, 4.69) is 38.4 Å². The first kappa shape index (κ1) is 16.5. The fourth-order valence-corrected chi connectivity index (χ4v) is 4.94. The quantitative estimate of drug-likeness (QED) is 0.556. The summed E-state index contributed by atoms with van der Waals surface area (Å²) in [5.74, 6) is -0.00985. The number of carbonyl (C=O) groups is 1. The fourth-order valence-electron chi connectivity index (χ4n) is 4.94. The lowest BCUT2D eigenvalue weighted by atomic mass is 9.94. The molecule has 1 aliphatic carbocycles. The number of aromatic amines is 2. The Morgan fingerprint density at radius 1 is 1.03 bits per heavy atom. The van der Waals surface area contributed by atoms with E-state index in [0.717, 1.165) is 53.8 Å². The molecule has 4 heterocycles. The molecule has 144 valence electrons. The predicted molar refractivity (Wildman–Crippen MR) is 110 cm³/mol. The molecule has 0 spiro atoms. The zero-order chi connectivity index (χ0) is 19.4. The molecule has 6 nitrogen and oxygen atoms in total. The van der Waals surface area contributed by atoms with E-state index in [1.54, 1.807) is 6.20 Å². The Balaban J connectivity index is 1.50. The molecule has 1 amide bonds. The van der Waals surface area contributed by atoms with Crippen molar-refractivity contribution < 1.29 is 4.79 Å². The number of pyridine rings is 1. The van der Waals surface area contributed by atoms with Gasteiger partial charge >= 0.3 is 0 Å². The Bertz CT molecular complexity index is 1220. The molecule has 29 heavy (non-hydrogen) atoms. The molecule has 0 saturated carbocycles. The van der Waals surface area contributed by atoms with Gasteiger partial charge in [0.2, 0.25) is 0 Å². The average Bonchev–Trinajstić information content (AvgIpc) is 3.47. The van der Waals surface area contributed by atoms with Gasteiger partial charge in [-0.25, -0.2) is 0 Å². The molecule has 2 N–H and O–H groups in total. The molecule has 2 aliphatic rings. The van der Waals surface area contributed by atoms with Gasteiger partial charge < -0.3 is 9.88 Å². The van der Waals surface area contributed by atoms with Gasteiger partial charge in [-0.15, -0.1) is 0 Å². The smallest absolute Gasteiger partial charge is 0.275 e. The van der Waals surface area contributed by atoms with Crippen molar-refractivity contribution in [2.24, 2.45) is 0 Å². The standard InChI is InChI=1S/C23H21N5O/c29-23(21-16-7-5-10-18(16)26-27-21)28-13-11-15-14-6-1-2-8-17(14)25-20(15)22(28)19-9-3-4-12-24-19/h1-4,6,8-9,12,22,25H,5,7,10-11,13H2,(H,26,27)/t22-/m1/s1. The van der Waals surface area contributed by atoms with Gasteiger partial charge in [-0.3, -0.25) is 14.9 Å². The Kier molecular flexibility index (Phi) is 3.59. The van der Waals surface area contributed by atoms with E-state index in [4.69, 9.17) is 0 Å². The van der Waals surface area contributed by atoms with Crippen LogP contribution in [-0.2, 0) is 19.3 Å². The van der Waals surface area contributed by atoms with E-state index in [9.17, 15) is 4.79 Å². The third-order valence-corrected chi connectivity index (χ3v) is 6.27. The number of hydrogen-bond acceptors (Lipinski definition) is 3. The van der Waals surface area contributed by atoms with Crippen LogP contribution >= 0.6 is 0 Å². The van der Waals surface area contributed by atoms with Crippen LogP contribution in [0.4, 0.5) is 0 Å². The highest BCUT2D eigenvalue weighted by atomic mass is 16.2. The molecule has 4 aromatic rings. The van der Waals surface area contributed by atoms with Crippen LogP contribution < -0.4 is 0 Å².